The van der Waals surface area contributed by atoms with Crippen LogP contribution in [0, 0.1) is 0 Å². The molecule has 0 fully saturated rings. The Morgan fingerprint density at radius 3 is 2.74 bits per heavy atom. The van der Waals surface area contributed by atoms with Gasteiger partial charge in [-0.3, -0.25) is 0 Å². The minimum Gasteiger partial charge on any atom is -0.125 e. The van der Waals surface area contributed by atoms with Gasteiger partial charge in [-0.25, -0.2) is 0 Å². The molecule has 98 valence electrons. The Kier molecular flexibility index (Phi) is 4.33. The fourth-order valence-electron chi connectivity index (χ4n) is 2.10. The Balaban J connectivity index is 1.61. The van der Waals surface area contributed by atoms with Crippen LogP contribution in [0.5, 0.6) is 0 Å². The normalized spacial score (nSPS) is 17.5. The minimum atomic E-state index is 0.619. The molecule has 0 bridgehead atoms. The van der Waals surface area contributed by atoms with Gasteiger partial charge < -0.3 is 0 Å². The minimum absolute atomic E-state index is 0.619. The molecule has 0 aliphatic carbocycles. The van der Waals surface area contributed by atoms with Crippen molar-refractivity contribution in [2.45, 2.75) is 21.5 Å². The molecule has 0 saturated carbocycles. The highest BCUT2D eigenvalue weighted by atomic mass is 35.5. The van der Waals surface area contributed by atoms with Crippen LogP contribution in [0.2, 0.25) is 10.0 Å². The molecular weight excluding hydrogens is 315 g/mol. The Morgan fingerprint density at radius 1 is 1.11 bits per heavy atom. The van der Waals surface area contributed by atoms with Gasteiger partial charge in [0.15, 0.2) is 0 Å². The number of hydrogen-bond acceptors (Lipinski definition) is 2. The SMILES string of the molecule is Clc1ccc(SCC2Cc3ccccc3S2)cc1Cl. The van der Waals surface area contributed by atoms with Gasteiger partial charge in [0.2, 0.25) is 0 Å². The molecule has 0 nitrogen and oxygen atoms in total. The molecule has 0 aromatic heterocycles. The van der Waals surface area contributed by atoms with Gasteiger partial charge in [0, 0.05) is 20.8 Å². The fourth-order valence-corrected chi connectivity index (χ4v) is 4.89. The lowest BCUT2D eigenvalue weighted by atomic mass is 10.1. The predicted octanol–water partition coefficient (Wildman–Crippen LogP) is 5.80. The molecule has 1 atom stereocenters. The molecule has 0 saturated heterocycles. The molecule has 1 aliphatic heterocycles. The number of rotatable bonds is 3. The van der Waals surface area contributed by atoms with Crippen LogP contribution in [0.3, 0.4) is 0 Å². The molecule has 0 N–H and O–H groups in total. The summed E-state index contributed by atoms with van der Waals surface area (Å²) < 4.78 is 0. The Labute approximate surface area is 131 Å². The largest absolute Gasteiger partial charge is 0.125 e. The van der Waals surface area contributed by atoms with E-state index >= 15 is 0 Å². The van der Waals surface area contributed by atoms with Crippen molar-refractivity contribution in [3.63, 3.8) is 0 Å². The summed E-state index contributed by atoms with van der Waals surface area (Å²) in [7, 11) is 0. The Hall–Kier alpha value is -0.280. The van der Waals surface area contributed by atoms with Crippen molar-refractivity contribution in [3.05, 3.63) is 58.1 Å². The summed E-state index contributed by atoms with van der Waals surface area (Å²) in [5.74, 6) is 1.09. The summed E-state index contributed by atoms with van der Waals surface area (Å²) in [6.07, 6.45) is 1.16. The molecule has 1 aliphatic rings. The van der Waals surface area contributed by atoms with Gasteiger partial charge in [-0.05, 0) is 36.2 Å². The maximum Gasteiger partial charge on any atom is 0.0603 e. The molecule has 19 heavy (non-hydrogen) atoms. The van der Waals surface area contributed by atoms with Crippen molar-refractivity contribution in [1.82, 2.24) is 0 Å². The van der Waals surface area contributed by atoms with Crippen LogP contribution in [0.1, 0.15) is 5.56 Å². The first-order chi connectivity index (χ1) is 9.22. The molecule has 0 amide bonds. The topological polar surface area (TPSA) is 0 Å². The molecule has 3 rings (SSSR count). The van der Waals surface area contributed by atoms with Crippen LogP contribution in [-0.4, -0.2) is 11.0 Å². The lowest BCUT2D eigenvalue weighted by Crippen LogP contribution is -2.03. The predicted molar refractivity (Wildman–Crippen MR) is 87.0 cm³/mol. The van der Waals surface area contributed by atoms with Gasteiger partial charge in [-0.2, -0.15) is 0 Å². The van der Waals surface area contributed by atoms with Crippen LogP contribution in [0.15, 0.2) is 52.3 Å². The first kappa shape index (κ1) is 13.7. The third-order valence-corrected chi connectivity index (χ3v) is 6.47. The number of halogens is 2. The third kappa shape index (κ3) is 3.25. The molecule has 2 aromatic carbocycles. The second kappa shape index (κ2) is 6.01. The van der Waals surface area contributed by atoms with Crippen molar-refractivity contribution < 1.29 is 0 Å². The molecule has 0 radical (unpaired) electrons. The van der Waals surface area contributed by atoms with E-state index < -0.39 is 0 Å². The van der Waals surface area contributed by atoms with Gasteiger partial charge in [-0.1, -0.05) is 41.4 Å². The van der Waals surface area contributed by atoms with E-state index in [1.165, 1.54) is 15.4 Å². The Morgan fingerprint density at radius 2 is 1.95 bits per heavy atom. The highest BCUT2D eigenvalue weighted by Crippen LogP contribution is 2.39. The maximum atomic E-state index is 6.03. The van der Waals surface area contributed by atoms with Crippen LogP contribution in [0.4, 0.5) is 0 Å². The average Bonchev–Trinajstić information content (AvgIpc) is 2.83. The van der Waals surface area contributed by atoms with Gasteiger partial charge in [0.25, 0.3) is 0 Å². The molecule has 0 spiro atoms. The Bertz CT molecular complexity index is 573. The highest BCUT2D eigenvalue weighted by molar-refractivity contribution is 8.03. The van der Waals surface area contributed by atoms with Crippen molar-refractivity contribution in [3.8, 4) is 0 Å². The van der Waals surface area contributed by atoms with E-state index in [1.807, 2.05) is 41.7 Å². The highest BCUT2D eigenvalue weighted by Gasteiger charge is 2.21. The molecule has 1 unspecified atom stereocenters. The summed E-state index contributed by atoms with van der Waals surface area (Å²) >= 11 is 15.8. The van der Waals surface area contributed by atoms with Crippen LogP contribution < -0.4 is 0 Å². The molecular formula is C15H12Cl2S2. The van der Waals surface area contributed by atoms with Crippen molar-refractivity contribution >= 4 is 46.7 Å². The third-order valence-electron chi connectivity index (χ3n) is 3.04. The zero-order valence-electron chi connectivity index (χ0n) is 10.1. The summed E-state index contributed by atoms with van der Waals surface area (Å²) in [5.41, 5.74) is 1.48. The van der Waals surface area contributed by atoms with Gasteiger partial charge in [0.1, 0.15) is 0 Å². The van der Waals surface area contributed by atoms with Gasteiger partial charge in [-0.15, -0.1) is 23.5 Å². The second-order valence-corrected chi connectivity index (χ2v) is 7.69. The standard InChI is InChI=1S/C15H12Cl2S2/c16-13-6-5-11(8-14(13)17)18-9-12-7-10-3-1-2-4-15(10)19-12/h1-6,8,12H,7,9H2. The van der Waals surface area contributed by atoms with Crippen LogP contribution in [0.25, 0.3) is 0 Å². The van der Waals surface area contributed by atoms with Crippen LogP contribution in [-0.2, 0) is 6.42 Å². The fraction of sp³-hybridized carbons (Fsp3) is 0.200. The number of thioether (sulfide) groups is 2. The lowest BCUT2D eigenvalue weighted by molar-refractivity contribution is 0.970. The van der Waals surface area contributed by atoms with E-state index in [-0.39, 0.29) is 0 Å². The van der Waals surface area contributed by atoms with E-state index in [1.54, 1.807) is 0 Å². The van der Waals surface area contributed by atoms with E-state index in [0.29, 0.717) is 15.3 Å². The van der Waals surface area contributed by atoms with E-state index in [4.69, 9.17) is 23.2 Å². The summed E-state index contributed by atoms with van der Waals surface area (Å²) in [5, 5.41) is 1.90. The van der Waals surface area contributed by atoms with Crippen molar-refractivity contribution in [1.29, 1.82) is 0 Å². The van der Waals surface area contributed by atoms with Gasteiger partial charge >= 0.3 is 0 Å². The second-order valence-electron chi connectivity index (χ2n) is 4.44. The van der Waals surface area contributed by atoms with Gasteiger partial charge in [0.05, 0.1) is 10.0 Å². The van der Waals surface area contributed by atoms with Crippen molar-refractivity contribution in [2.75, 3.05) is 5.75 Å². The molecule has 1 heterocycles. The number of benzene rings is 2. The summed E-state index contributed by atoms with van der Waals surface area (Å²) in [6, 6.07) is 14.5. The van der Waals surface area contributed by atoms with E-state index in [0.717, 1.165) is 12.2 Å². The zero-order valence-corrected chi connectivity index (χ0v) is 13.3. The average molecular weight is 327 g/mol. The first-order valence-electron chi connectivity index (χ1n) is 6.05. The maximum absolute atomic E-state index is 6.03. The summed E-state index contributed by atoms with van der Waals surface area (Å²) in [6.45, 7) is 0. The quantitative estimate of drug-likeness (QED) is 0.653. The first-order valence-corrected chi connectivity index (χ1v) is 8.67. The van der Waals surface area contributed by atoms with E-state index in [2.05, 4.69) is 24.3 Å². The number of fused-ring (bicyclic) bond motifs is 1. The van der Waals surface area contributed by atoms with E-state index in [9.17, 15) is 0 Å². The lowest BCUT2D eigenvalue weighted by Gasteiger charge is -2.08. The van der Waals surface area contributed by atoms with Crippen LogP contribution >= 0.6 is 46.7 Å². The molecule has 4 heteroatoms. The summed E-state index contributed by atoms with van der Waals surface area (Å²) in [4.78, 5) is 2.62. The van der Waals surface area contributed by atoms with Crippen molar-refractivity contribution in [2.24, 2.45) is 0 Å². The number of hydrogen-bond donors (Lipinski definition) is 0. The monoisotopic (exact) mass is 326 g/mol. The zero-order chi connectivity index (χ0) is 13.2. The molecule has 2 aromatic rings. The smallest absolute Gasteiger partial charge is 0.0603 e.